The number of nitrogens with one attached hydrogen (secondary N) is 1. The van der Waals surface area contributed by atoms with Crippen LogP contribution in [0.4, 0.5) is 18.9 Å². The van der Waals surface area contributed by atoms with Gasteiger partial charge >= 0.3 is 6.18 Å². The van der Waals surface area contributed by atoms with Crippen LogP contribution in [0.5, 0.6) is 0 Å². The Balaban J connectivity index is 2.23. The number of anilines is 1. The Kier molecular flexibility index (Phi) is 3.14. The highest BCUT2D eigenvalue weighted by atomic mass is 79.9. The van der Waals surface area contributed by atoms with Crippen molar-refractivity contribution in [3.05, 3.63) is 28.2 Å². The molecular weight excluding hydrogens is 313 g/mol. The molecule has 3 N–H and O–H groups in total. The monoisotopic (exact) mass is 322 g/mol. The molecular formula is C11H10BrF3N2O. The summed E-state index contributed by atoms with van der Waals surface area (Å²) in [4.78, 5) is 11.6. The molecule has 1 saturated carbocycles. The first-order valence-electron chi connectivity index (χ1n) is 5.19. The highest BCUT2D eigenvalue weighted by molar-refractivity contribution is 9.10. The van der Waals surface area contributed by atoms with Crippen molar-refractivity contribution in [2.75, 3.05) is 5.32 Å². The minimum Gasteiger partial charge on any atom is -0.324 e. The van der Waals surface area contributed by atoms with Crippen LogP contribution in [0.1, 0.15) is 18.4 Å². The molecule has 0 spiro atoms. The molecule has 2 rings (SSSR count). The third-order valence-corrected chi connectivity index (χ3v) is 3.18. The Morgan fingerprint density at radius 3 is 2.44 bits per heavy atom. The summed E-state index contributed by atoms with van der Waals surface area (Å²) in [7, 11) is 0. The lowest BCUT2D eigenvalue weighted by atomic mass is 10.2. The van der Waals surface area contributed by atoms with Gasteiger partial charge in [-0.2, -0.15) is 13.2 Å². The van der Waals surface area contributed by atoms with Crippen molar-refractivity contribution in [3.8, 4) is 0 Å². The maximum Gasteiger partial charge on any atom is 0.416 e. The molecule has 1 aliphatic rings. The van der Waals surface area contributed by atoms with E-state index < -0.39 is 23.2 Å². The zero-order chi connectivity index (χ0) is 13.6. The van der Waals surface area contributed by atoms with Crippen LogP contribution >= 0.6 is 15.9 Å². The van der Waals surface area contributed by atoms with E-state index in [1.165, 1.54) is 6.07 Å². The van der Waals surface area contributed by atoms with Gasteiger partial charge in [-0.05, 0) is 31.0 Å². The normalized spacial score (nSPS) is 17.4. The molecule has 3 nitrogen and oxygen atoms in total. The molecule has 1 aromatic rings. The molecule has 0 bridgehead atoms. The van der Waals surface area contributed by atoms with E-state index in [1.54, 1.807) is 0 Å². The van der Waals surface area contributed by atoms with Crippen LogP contribution < -0.4 is 11.1 Å². The molecule has 0 saturated heterocycles. The highest BCUT2D eigenvalue weighted by Gasteiger charge is 2.46. The van der Waals surface area contributed by atoms with Gasteiger partial charge in [-0.15, -0.1) is 0 Å². The SMILES string of the molecule is NC1(C(=O)Nc2cc(Br)cc(C(F)(F)F)c2)CC1. The lowest BCUT2D eigenvalue weighted by Gasteiger charge is -2.13. The number of benzene rings is 1. The first-order valence-corrected chi connectivity index (χ1v) is 5.98. The summed E-state index contributed by atoms with van der Waals surface area (Å²) in [6.45, 7) is 0. The van der Waals surface area contributed by atoms with Gasteiger partial charge in [-0.25, -0.2) is 0 Å². The quantitative estimate of drug-likeness (QED) is 0.879. The minimum atomic E-state index is -4.46. The lowest BCUT2D eigenvalue weighted by Crippen LogP contribution is -2.37. The maximum absolute atomic E-state index is 12.6. The van der Waals surface area contributed by atoms with Crippen LogP contribution in [-0.4, -0.2) is 11.4 Å². The number of hydrogen-bond donors (Lipinski definition) is 2. The van der Waals surface area contributed by atoms with E-state index in [9.17, 15) is 18.0 Å². The first-order chi connectivity index (χ1) is 8.21. The van der Waals surface area contributed by atoms with Crippen molar-refractivity contribution >= 4 is 27.5 Å². The van der Waals surface area contributed by atoms with Gasteiger partial charge in [0.25, 0.3) is 0 Å². The van der Waals surface area contributed by atoms with Crippen molar-refractivity contribution < 1.29 is 18.0 Å². The highest BCUT2D eigenvalue weighted by Crippen LogP contribution is 2.36. The predicted molar refractivity (Wildman–Crippen MR) is 63.9 cm³/mol. The van der Waals surface area contributed by atoms with E-state index in [2.05, 4.69) is 21.2 Å². The number of carbonyl (C=O) groups excluding carboxylic acids is 1. The van der Waals surface area contributed by atoms with Crippen molar-refractivity contribution in [1.82, 2.24) is 0 Å². The Bertz CT molecular complexity index is 498. The second-order valence-electron chi connectivity index (χ2n) is 4.34. The molecule has 0 aliphatic heterocycles. The van der Waals surface area contributed by atoms with Gasteiger partial charge in [0.2, 0.25) is 5.91 Å². The van der Waals surface area contributed by atoms with Gasteiger partial charge < -0.3 is 11.1 Å². The van der Waals surface area contributed by atoms with Crippen LogP contribution in [0.3, 0.4) is 0 Å². The first kappa shape index (κ1) is 13.4. The standard InChI is InChI=1S/C11H10BrF3N2O/c12-7-3-6(11(13,14)15)4-8(5-7)17-9(18)10(16)1-2-10/h3-5H,1-2,16H2,(H,17,18). The number of alkyl halides is 3. The molecule has 98 valence electrons. The zero-order valence-corrected chi connectivity index (χ0v) is 10.7. The Morgan fingerprint density at radius 1 is 1.33 bits per heavy atom. The molecule has 18 heavy (non-hydrogen) atoms. The van der Waals surface area contributed by atoms with E-state index in [-0.39, 0.29) is 10.2 Å². The summed E-state index contributed by atoms with van der Waals surface area (Å²) >= 11 is 2.98. The van der Waals surface area contributed by atoms with Gasteiger partial charge in [0, 0.05) is 10.2 Å². The molecule has 1 amide bonds. The fourth-order valence-corrected chi connectivity index (χ4v) is 1.94. The van der Waals surface area contributed by atoms with E-state index in [4.69, 9.17) is 5.73 Å². The van der Waals surface area contributed by atoms with E-state index >= 15 is 0 Å². The number of nitrogens with two attached hydrogens (primary N) is 1. The molecule has 1 aromatic carbocycles. The molecule has 0 aromatic heterocycles. The maximum atomic E-state index is 12.6. The van der Waals surface area contributed by atoms with Crippen LogP contribution in [0.2, 0.25) is 0 Å². The van der Waals surface area contributed by atoms with E-state index in [0.29, 0.717) is 12.8 Å². The second kappa shape index (κ2) is 4.24. The molecule has 0 atom stereocenters. The van der Waals surface area contributed by atoms with Crippen molar-refractivity contribution in [3.63, 3.8) is 0 Å². The van der Waals surface area contributed by atoms with Crippen molar-refractivity contribution in [2.24, 2.45) is 5.73 Å². The summed E-state index contributed by atoms with van der Waals surface area (Å²) < 4.78 is 38.0. The summed E-state index contributed by atoms with van der Waals surface area (Å²) in [5.41, 5.74) is 3.99. The largest absolute Gasteiger partial charge is 0.416 e. The summed E-state index contributed by atoms with van der Waals surface area (Å²) in [5.74, 6) is -0.450. The van der Waals surface area contributed by atoms with Crippen molar-refractivity contribution in [1.29, 1.82) is 0 Å². The third-order valence-electron chi connectivity index (χ3n) is 2.72. The second-order valence-corrected chi connectivity index (χ2v) is 5.25. The molecule has 7 heteroatoms. The van der Waals surface area contributed by atoms with Crippen molar-refractivity contribution in [2.45, 2.75) is 24.6 Å². The molecule has 1 aliphatic carbocycles. The summed E-state index contributed by atoms with van der Waals surface area (Å²) in [5, 5.41) is 2.40. The number of hydrogen-bond acceptors (Lipinski definition) is 2. The van der Waals surface area contributed by atoms with Gasteiger partial charge in [0.1, 0.15) is 0 Å². The van der Waals surface area contributed by atoms with Crippen LogP contribution in [-0.2, 0) is 11.0 Å². The fraction of sp³-hybridized carbons (Fsp3) is 0.364. The Morgan fingerprint density at radius 2 is 1.94 bits per heavy atom. The number of rotatable bonds is 2. The lowest BCUT2D eigenvalue weighted by molar-refractivity contribution is -0.137. The third kappa shape index (κ3) is 2.84. The fourth-order valence-electron chi connectivity index (χ4n) is 1.44. The average Bonchev–Trinajstić information content (AvgIpc) is 2.95. The van der Waals surface area contributed by atoms with Gasteiger partial charge in [-0.3, -0.25) is 4.79 Å². The Hall–Kier alpha value is -1.08. The summed E-state index contributed by atoms with van der Waals surface area (Å²) in [6.07, 6.45) is -3.35. The molecule has 0 unspecified atom stereocenters. The molecule has 0 radical (unpaired) electrons. The average molecular weight is 323 g/mol. The smallest absolute Gasteiger partial charge is 0.324 e. The van der Waals surface area contributed by atoms with Gasteiger partial charge in [0.05, 0.1) is 11.1 Å². The topological polar surface area (TPSA) is 55.1 Å². The van der Waals surface area contributed by atoms with E-state index in [0.717, 1.165) is 12.1 Å². The van der Waals surface area contributed by atoms with Crippen LogP contribution in [0, 0.1) is 0 Å². The zero-order valence-electron chi connectivity index (χ0n) is 9.14. The van der Waals surface area contributed by atoms with Gasteiger partial charge in [-0.1, -0.05) is 15.9 Å². The number of amides is 1. The molecule has 0 heterocycles. The number of halogens is 4. The van der Waals surface area contributed by atoms with E-state index in [1.807, 2.05) is 0 Å². The van der Waals surface area contributed by atoms with Gasteiger partial charge in [0.15, 0.2) is 0 Å². The van der Waals surface area contributed by atoms with Crippen LogP contribution in [0.15, 0.2) is 22.7 Å². The Labute approximate surface area is 110 Å². The predicted octanol–water partition coefficient (Wildman–Crippen LogP) is 2.90. The minimum absolute atomic E-state index is 0.0819. The summed E-state index contributed by atoms with van der Waals surface area (Å²) in [6, 6.07) is 3.23. The molecule has 1 fully saturated rings. The number of carbonyl (C=O) groups is 1. The van der Waals surface area contributed by atoms with Crippen LogP contribution in [0.25, 0.3) is 0 Å².